The molecule has 1 N–H and O–H groups in total. The van der Waals surface area contributed by atoms with E-state index in [1.807, 2.05) is 18.2 Å². The molecule has 1 aliphatic carbocycles. The first-order chi connectivity index (χ1) is 10.1. The summed E-state index contributed by atoms with van der Waals surface area (Å²) in [6.07, 6.45) is 3.19. The molecular formula is C17H15ClINO. The quantitative estimate of drug-likeness (QED) is 0.710. The van der Waals surface area contributed by atoms with Crippen LogP contribution in [0.1, 0.15) is 40.4 Å². The molecule has 3 rings (SSSR count). The summed E-state index contributed by atoms with van der Waals surface area (Å²) in [5.74, 6) is -0.0602. The van der Waals surface area contributed by atoms with Crippen LogP contribution in [0.4, 0.5) is 0 Å². The number of hydrogen-bond donors (Lipinski definition) is 1. The molecule has 0 radical (unpaired) electrons. The number of nitrogens with one attached hydrogen (secondary N) is 1. The molecule has 0 bridgehead atoms. The number of carbonyl (C=O) groups excluding carboxylic acids is 1. The third-order valence-corrected chi connectivity index (χ3v) is 5.43. The zero-order valence-corrected chi connectivity index (χ0v) is 14.3. The van der Waals surface area contributed by atoms with Gasteiger partial charge in [-0.05, 0) is 71.2 Å². The van der Waals surface area contributed by atoms with E-state index < -0.39 is 0 Å². The Bertz CT molecular complexity index is 686. The maximum atomic E-state index is 12.4. The second-order valence-corrected chi connectivity index (χ2v) is 6.82. The molecule has 0 saturated heterocycles. The lowest BCUT2D eigenvalue weighted by Gasteiger charge is -2.26. The smallest absolute Gasteiger partial charge is 0.251 e. The number of benzene rings is 2. The van der Waals surface area contributed by atoms with Gasteiger partial charge in [-0.1, -0.05) is 35.9 Å². The van der Waals surface area contributed by atoms with E-state index in [-0.39, 0.29) is 11.9 Å². The van der Waals surface area contributed by atoms with E-state index >= 15 is 0 Å². The lowest BCUT2D eigenvalue weighted by molar-refractivity contribution is 0.0932. The first-order valence-electron chi connectivity index (χ1n) is 6.99. The lowest BCUT2D eigenvalue weighted by atomic mass is 9.87. The Kier molecular flexibility index (Phi) is 4.50. The summed E-state index contributed by atoms with van der Waals surface area (Å²) in [6, 6.07) is 13.9. The Morgan fingerprint density at radius 1 is 1.24 bits per heavy atom. The molecule has 1 atom stereocenters. The molecule has 21 heavy (non-hydrogen) atoms. The van der Waals surface area contributed by atoms with Gasteiger partial charge in [-0.3, -0.25) is 4.79 Å². The Balaban J connectivity index is 1.81. The average molecular weight is 412 g/mol. The van der Waals surface area contributed by atoms with Gasteiger partial charge >= 0.3 is 0 Å². The molecule has 0 heterocycles. The number of rotatable bonds is 2. The van der Waals surface area contributed by atoms with Gasteiger partial charge in [0, 0.05) is 9.13 Å². The predicted molar refractivity (Wildman–Crippen MR) is 93.8 cm³/mol. The number of aryl methyl sites for hydroxylation is 1. The highest BCUT2D eigenvalue weighted by Gasteiger charge is 2.22. The van der Waals surface area contributed by atoms with Gasteiger partial charge in [-0.25, -0.2) is 0 Å². The second kappa shape index (κ2) is 6.36. The van der Waals surface area contributed by atoms with Crippen LogP contribution in [0.5, 0.6) is 0 Å². The fraction of sp³-hybridized carbons (Fsp3) is 0.235. The molecule has 1 amide bonds. The van der Waals surface area contributed by atoms with Crippen molar-refractivity contribution < 1.29 is 4.79 Å². The minimum Gasteiger partial charge on any atom is -0.345 e. The van der Waals surface area contributed by atoms with E-state index in [0.717, 1.165) is 22.8 Å². The van der Waals surface area contributed by atoms with Crippen molar-refractivity contribution in [3.05, 3.63) is 67.7 Å². The maximum Gasteiger partial charge on any atom is 0.251 e. The van der Waals surface area contributed by atoms with Crippen molar-refractivity contribution in [1.29, 1.82) is 0 Å². The fourth-order valence-corrected chi connectivity index (χ4v) is 3.30. The molecule has 1 aliphatic rings. The first-order valence-corrected chi connectivity index (χ1v) is 8.44. The van der Waals surface area contributed by atoms with Crippen molar-refractivity contribution in [1.82, 2.24) is 5.32 Å². The topological polar surface area (TPSA) is 29.1 Å². The number of halogens is 2. The highest BCUT2D eigenvalue weighted by Crippen LogP contribution is 2.30. The minimum atomic E-state index is -0.0602. The van der Waals surface area contributed by atoms with E-state index in [4.69, 9.17) is 11.6 Å². The molecule has 0 aliphatic heterocycles. The largest absolute Gasteiger partial charge is 0.345 e. The van der Waals surface area contributed by atoms with Crippen LogP contribution in [0.2, 0.25) is 5.02 Å². The van der Waals surface area contributed by atoms with Gasteiger partial charge in [-0.15, -0.1) is 0 Å². The van der Waals surface area contributed by atoms with Gasteiger partial charge in [0.25, 0.3) is 5.91 Å². The standard InChI is InChI=1S/C17H15ClINO/c18-14-10-12(8-9-15(14)19)17(21)20-16-7-3-5-11-4-1-2-6-13(11)16/h1-2,4,6,8-10,16H,3,5,7H2,(H,20,21). The molecule has 2 aromatic rings. The van der Waals surface area contributed by atoms with Gasteiger partial charge < -0.3 is 5.32 Å². The number of carbonyl (C=O) groups is 1. The van der Waals surface area contributed by atoms with Gasteiger partial charge in [0.15, 0.2) is 0 Å². The molecule has 0 fully saturated rings. The highest BCUT2D eigenvalue weighted by molar-refractivity contribution is 14.1. The van der Waals surface area contributed by atoms with Crippen molar-refractivity contribution in [2.24, 2.45) is 0 Å². The summed E-state index contributed by atoms with van der Waals surface area (Å²) in [4.78, 5) is 12.4. The van der Waals surface area contributed by atoms with E-state index in [2.05, 4.69) is 46.1 Å². The van der Waals surface area contributed by atoms with Crippen molar-refractivity contribution >= 4 is 40.1 Å². The zero-order valence-electron chi connectivity index (χ0n) is 11.4. The molecule has 2 nitrogen and oxygen atoms in total. The fourth-order valence-electron chi connectivity index (χ4n) is 2.78. The van der Waals surface area contributed by atoms with Crippen molar-refractivity contribution in [2.75, 3.05) is 0 Å². The molecule has 0 saturated carbocycles. The average Bonchev–Trinajstić information content (AvgIpc) is 2.50. The molecule has 2 aromatic carbocycles. The summed E-state index contributed by atoms with van der Waals surface area (Å²) >= 11 is 8.25. The second-order valence-electron chi connectivity index (χ2n) is 5.25. The summed E-state index contributed by atoms with van der Waals surface area (Å²) in [5.41, 5.74) is 3.20. The molecule has 0 aromatic heterocycles. The zero-order chi connectivity index (χ0) is 14.8. The molecule has 108 valence electrons. The Labute approximate surface area is 143 Å². The van der Waals surface area contributed by atoms with Crippen LogP contribution < -0.4 is 5.32 Å². The Morgan fingerprint density at radius 2 is 2.05 bits per heavy atom. The maximum absolute atomic E-state index is 12.4. The van der Waals surface area contributed by atoms with Gasteiger partial charge in [0.2, 0.25) is 0 Å². The summed E-state index contributed by atoms with van der Waals surface area (Å²) < 4.78 is 0.953. The van der Waals surface area contributed by atoms with Crippen molar-refractivity contribution in [2.45, 2.75) is 25.3 Å². The van der Waals surface area contributed by atoms with Crippen molar-refractivity contribution in [3.63, 3.8) is 0 Å². The van der Waals surface area contributed by atoms with Crippen LogP contribution in [-0.2, 0) is 6.42 Å². The Morgan fingerprint density at radius 3 is 2.86 bits per heavy atom. The molecule has 4 heteroatoms. The van der Waals surface area contributed by atoms with Crippen LogP contribution >= 0.6 is 34.2 Å². The van der Waals surface area contributed by atoms with Gasteiger partial charge in [0.1, 0.15) is 0 Å². The molecule has 1 unspecified atom stereocenters. The third-order valence-electron chi connectivity index (χ3n) is 3.86. The van der Waals surface area contributed by atoms with Crippen LogP contribution in [0.3, 0.4) is 0 Å². The van der Waals surface area contributed by atoms with Crippen LogP contribution in [0.15, 0.2) is 42.5 Å². The normalized spacial score (nSPS) is 17.1. The number of fused-ring (bicyclic) bond motifs is 1. The minimum absolute atomic E-state index is 0.0602. The van der Waals surface area contributed by atoms with Crippen LogP contribution in [0.25, 0.3) is 0 Å². The first kappa shape index (κ1) is 14.9. The van der Waals surface area contributed by atoms with E-state index in [0.29, 0.717) is 10.6 Å². The SMILES string of the molecule is O=C(NC1CCCc2ccccc21)c1ccc(I)c(Cl)c1. The third kappa shape index (κ3) is 3.24. The van der Waals surface area contributed by atoms with E-state index in [9.17, 15) is 4.79 Å². The van der Waals surface area contributed by atoms with E-state index in [1.54, 1.807) is 6.07 Å². The summed E-state index contributed by atoms with van der Waals surface area (Å²) in [6.45, 7) is 0. The summed E-state index contributed by atoms with van der Waals surface area (Å²) in [5, 5.41) is 3.76. The Hall–Kier alpha value is -1.07. The summed E-state index contributed by atoms with van der Waals surface area (Å²) in [7, 11) is 0. The number of hydrogen-bond acceptors (Lipinski definition) is 1. The monoisotopic (exact) mass is 411 g/mol. The van der Waals surface area contributed by atoms with Gasteiger partial charge in [-0.2, -0.15) is 0 Å². The van der Waals surface area contributed by atoms with Crippen LogP contribution in [0, 0.1) is 3.57 Å². The highest BCUT2D eigenvalue weighted by atomic mass is 127. The molecular weight excluding hydrogens is 397 g/mol. The van der Waals surface area contributed by atoms with Crippen molar-refractivity contribution in [3.8, 4) is 0 Å². The predicted octanol–water partition coefficient (Wildman–Crippen LogP) is 4.75. The lowest BCUT2D eigenvalue weighted by Crippen LogP contribution is -2.30. The molecule has 0 spiro atoms. The number of amides is 1. The van der Waals surface area contributed by atoms with Gasteiger partial charge in [0.05, 0.1) is 11.1 Å². The van der Waals surface area contributed by atoms with E-state index in [1.165, 1.54) is 11.1 Å². The van der Waals surface area contributed by atoms with Crippen LogP contribution in [-0.4, -0.2) is 5.91 Å².